The molecule has 0 radical (unpaired) electrons. The minimum Gasteiger partial charge on any atom is -0.339 e. The van der Waals surface area contributed by atoms with Gasteiger partial charge in [-0.25, -0.2) is 0 Å². The smallest absolute Gasteiger partial charge is 0.254 e. The average Bonchev–Trinajstić information content (AvgIpc) is 2.59. The maximum Gasteiger partial charge on any atom is 0.254 e. The maximum atomic E-state index is 13.1. The summed E-state index contributed by atoms with van der Waals surface area (Å²) in [5, 5.41) is 4.34. The number of hydrogen-bond donors (Lipinski definition) is 1. The highest BCUT2D eigenvalue weighted by atomic mass is 79.9. The number of benzene rings is 1. The number of pyridine rings is 1. The van der Waals surface area contributed by atoms with Gasteiger partial charge in [-0.15, -0.1) is 24.8 Å². The van der Waals surface area contributed by atoms with Crippen LogP contribution in [0.5, 0.6) is 0 Å². The minimum atomic E-state index is 0. The van der Waals surface area contributed by atoms with Crippen LogP contribution >= 0.6 is 40.7 Å². The Hall–Kier alpha value is -0.880. The van der Waals surface area contributed by atoms with Crippen molar-refractivity contribution in [3.05, 3.63) is 40.0 Å². The fourth-order valence-electron chi connectivity index (χ4n) is 3.37. The van der Waals surface area contributed by atoms with Crippen molar-refractivity contribution in [2.45, 2.75) is 26.7 Å². The molecule has 1 N–H and O–H groups in total. The van der Waals surface area contributed by atoms with Gasteiger partial charge < -0.3 is 10.2 Å². The van der Waals surface area contributed by atoms with E-state index in [1.165, 1.54) is 0 Å². The van der Waals surface area contributed by atoms with Gasteiger partial charge in [-0.2, -0.15) is 0 Å². The van der Waals surface area contributed by atoms with E-state index in [0.717, 1.165) is 65.7 Å². The molecule has 7 heteroatoms. The van der Waals surface area contributed by atoms with E-state index in [0.29, 0.717) is 5.92 Å². The van der Waals surface area contributed by atoms with Gasteiger partial charge in [0.25, 0.3) is 5.91 Å². The monoisotopic (exact) mass is 461 g/mol. The van der Waals surface area contributed by atoms with Crippen LogP contribution in [0.25, 0.3) is 10.9 Å². The first kappa shape index (κ1) is 23.2. The molecule has 2 aromatic rings. The highest BCUT2D eigenvalue weighted by Crippen LogP contribution is 2.25. The molecular formula is C19H26BrCl2N3O. The molecule has 0 saturated carbocycles. The summed E-state index contributed by atoms with van der Waals surface area (Å²) < 4.78 is 0.971. The summed E-state index contributed by atoms with van der Waals surface area (Å²) in [6.07, 6.45) is 2.15. The second-order valence-electron chi connectivity index (χ2n) is 6.52. The van der Waals surface area contributed by atoms with Crippen molar-refractivity contribution >= 4 is 57.6 Å². The Labute approximate surface area is 176 Å². The van der Waals surface area contributed by atoms with Crippen LogP contribution in [-0.2, 0) is 0 Å². The Morgan fingerprint density at radius 1 is 1.27 bits per heavy atom. The normalized spacial score (nSPS) is 14.7. The Bertz CT molecular complexity index is 749. The summed E-state index contributed by atoms with van der Waals surface area (Å²) in [4.78, 5) is 19.6. The fourth-order valence-corrected chi connectivity index (χ4v) is 3.73. The van der Waals surface area contributed by atoms with Crippen LogP contribution in [0.15, 0.2) is 28.7 Å². The first-order chi connectivity index (χ1) is 11.6. The van der Waals surface area contributed by atoms with Crippen LogP contribution < -0.4 is 5.32 Å². The Morgan fingerprint density at radius 2 is 1.96 bits per heavy atom. The SMILES string of the molecule is CCNCC1CCN(C(=O)c2cc(C)nc3ccc(Br)cc23)CC1.Cl.Cl. The molecule has 1 saturated heterocycles. The number of hydrogen-bond acceptors (Lipinski definition) is 3. The average molecular weight is 463 g/mol. The second kappa shape index (κ2) is 10.5. The molecule has 3 rings (SSSR count). The summed E-state index contributed by atoms with van der Waals surface area (Å²) in [6.45, 7) is 7.82. The quantitative estimate of drug-likeness (QED) is 0.721. The Balaban J connectivity index is 0.00000169. The highest BCUT2D eigenvalue weighted by molar-refractivity contribution is 9.10. The summed E-state index contributed by atoms with van der Waals surface area (Å²) in [7, 11) is 0. The summed E-state index contributed by atoms with van der Waals surface area (Å²) in [6, 6.07) is 7.84. The molecule has 2 heterocycles. The van der Waals surface area contributed by atoms with Gasteiger partial charge in [0, 0.05) is 28.6 Å². The number of nitrogens with zero attached hydrogens (tertiary/aromatic N) is 2. The van der Waals surface area contributed by atoms with E-state index in [2.05, 4.69) is 33.2 Å². The zero-order valence-electron chi connectivity index (χ0n) is 15.1. The number of rotatable bonds is 4. The lowest BCUT2D eigenvalue weighted by molar-refractivity contribution is 0.0692. The molecule has 144 valence electrons. The number of nitrogens with one attached hydrogen (secondary N) is 1. The first-order valence-corrected chi connectivity index (χ1v) is 9.44. The van der Waals surface area contributed by atoms with Crippen molar-refractivity contribution in [2.75, 3.05) is 26.2 Å². The van der Waals surface area contributed by atoms with Gasteiger partial charge in [0.1, 0.15) is 0 Å². The maximum absolute atomic E-state index is 13.1. The second-order valence-corrected chi connectivity index (χ2v) is 7.43. The van der Waals surface area contributed by atoms with Gasteiger partial charge in [0.15, 0.2) is 0 Å². The van der Waals surface area contributed by atoms with Crippen molar-refractivity contribution in [3.63, 3.8) is 0 Å². The molecule has 0 atom stereocenters. The van der Waals surface area contributed by atoms with Gasteiger partial charge >= 0.3 is 0 Å². The van der Waals surface area contributed by atoms with Crippen LogP contribution in [0.3, 0.4) is 0 Å². The third-order valence-electron chi connectivity index (χ3n) is 4.71. The van der Waals surface area contributed by atoms with Crippen molar-refractivity contribution < 1.29 is 4.79 Å². The standard InChI is InChI=1S/C19H24BrN3O.2ClH/c1-3-21-12-14-6-8-23(9-7-14)19(24)17-10-13(2)22-18-5-4-15(20)11-16(17)18;;/h4-5,10-11,14,21H,3,6-9,12H2,1-2H3;2*1H. The molecule has 4 nitrogen and oxygen atoms in total. The molecule has 1 amide bonds. The van der Waals surface area contributed by atoms with Gasteiger partial charge in [-0.05, 0) is 63.0 Å². The van der Waals surface area contributed by atoms with Crippen molar-refractivity contribution in [1.29, 1.82) is 0 Å². The topological polar surface area (TPSA) is 45.2 Å². The molecule has 1 aliphatic rings. The highest BCUT2D eigenvalue weighted by Gasteiger charge is 2.24. The number of carbonyl (C=O) groups is 1. The third-order valence-corrected chi connectivity index (χ3v) is 5.21. The Kier molecular flexibility index (Phi) is 9.31. The largest absolute Gasteiger partial charge is 0.339 e. The van der Waals surface area contributed by atoms with Gasteiger partial charge in [0.05, 0.1) is 11.1 Å². The van der Waals surface area contributed by atoms with Gasteiger partial charge in [-0.3, -0.25) is 9.78 Å². The van der Waals surface area contributed by atoms with E-state index < -0.39 is 0 Å². The van der Waals surface area contributed by atoms with Crippen molar-refractivity contribution in [3.8, 4) is 0 Å². The molecular weight excluding hydrogens is 437 g/mol. The lowest BCUT2D eigenvalue weighted by Crippen LogP contribution is -2.40. The van der Waals surface area contributed by atoms with Crippen LogP contribution in [-0.4, -0.2) is 42.0 Å². The van der Waals surface area contributed by atoms with E-state index in [1.807, 2.05) is 36.1 Å². The lowest BCUT2D eigenvalue weighted by atomic mass is 9.96. The molecule has 1 aromatic heterocycles. The molecule has 1 aliphatic heterocycles. The number of likely N-dealkylation sites (tertiary alicyclic amines) is 1. The van der Waals surface area contributed by atoms with E-state index in [4.69, 9.17) is 0 Å². The molecule has 0 spiro atoms. The van der Waals surface area contributed by atoms with Crippen LogP contribution in [0.4, 0.5) is 0 Å². The summed E-state index contributed by atoms with van der Waals surface area (Å²) in [5.41, 5.74) is 2.53. The number of halogens is 3. The van der Waals surface area contributed by atoms with Crippen LogP contribution in [0.1, 0.15) is 35.8 Å². The predicted molar refractivity (Wildman–Crippen MR) is 116 cm³/mol. The van der Waals surface area contributed by atoms with Crippen molar-refractivity contribution in [1.82, 2.24) is 15.2 Å². The number of amides is 1. The molecule has 0 bridgehead atoms. The van der Waals surface area contributed by atoms with Crippen LogP contribution in [0.2, 0.25) is 0 Å². The number of fused-ring (bicyclic) bond motifs is 1. The molecule has 0 aliphatic carbocycles. The van der Waals surface area contributed by atoms with Gasteiger partial charge in [0.2, 0.25) is 0 Å². The summed E-state index contributed by atoms with van der Waals surface area (Å²) in [5.74, 6) is 0.810. The van der Waals surface area contributed by atoms with Crippen molar-refractivity contribution in [2.24, 2.45) is 5.92 Å². The fraction of sp³-hybridized carbons (Fsp3) is 0.474. The minimum absolute atomic E-state index is 0. The number of aryl methyl sites for hydroxylation is 1. The Morgan fingerprint density at radius 3 is 2.62 bits per heavy atom. The third kappa shape index (κ3) is 5.32. The first-order valence-electron chi connectivity index (χ1n) is 8.65. The predicted octanol–water partition coefficient (Wildman–Crippen LogP) is 4.61. The molecule has 26 heavy (non-hydrogen) atoms. The molecule has 1 aromatic carbocycles. The number of piperidine rings is 1. The zero-order valence-corrected chi connectivity index (χ0v) is 18.3. The van der Waals surface area contributed by atoms with Crippen LogP contribution in [0, 0.1) is 12.8 Å². The van der Waals surface area contributed by atoms with Gasteiger partial charge in [-0.1, -0.05) is 22.9 Å². The van der Waals surface area contributed by atoms with E-state index in [1.54, 1.807) is 0 Å². The molecule has 1 fully saturated rings. The molecule has 0 unspecified atom stereocenters. The number of aromatic nitrogens is 1. The number of carbonyl (C=O) groups excluding carboxylic acids is 1. The lowest BCUT2D eigenvalue weighted by Gasteiger charge is -2.32. The van der Waals surface area contributed by atoms with E-state index in [-0.39, 0.29) is 30.7 Å². The summed E-state index contributed by atoms with van der Waals surface area (Å²) >= 11 is 3.50. The van der Waals surface area contributed by atoms with E-state index in [9.17, 15) is 4.79 Å². The zero-order chi connectivity index (χ0) is 17.1. The van der Waals surface area contributed by atoms with E-state index >= 15 is 0 Å².